The highest BCUT2D eigenvalue weighted by Gasteiger charge is 2.27. The maximum absolute atomic E-state index is 11.6. The number of hydrogen-bond acceptors (Lipinski definition) is 6. The van der Waals surface area contributed by atoms with Gasteiger partial charge in [0.1, 0.15) is 6.04 Å². The molecule has 0 spiro atoms. The molecule has 0 aliphatic heterocycles. The Morgan fingerprint density at radius 2 is 2.05 bits per heavy atom. The maximum Gasteiger partial charge on any atom is 0.328 e. The lowest BCUT2D eigenvalue weighted by molar-refractivity contribution is -0.145. The highest BCUT2D eigenvalue weighted by atomic mass is 33.1. The minimum Gasteiger partial charge on any atom is -0.467 e. The quantitative estimate of drug-likeness (QED) is 0.424. The van der Waals surface area contributed by atoms with E-state index >= 15 is 0 Å². The number of methoxy groups -OCH3 is 2. The number of carbonyl (C=O) groups is 1. The van der Waals surface area contributed by atoms with E-state index in [9.17, 15) is 4.79 Å². The predicted molar refractivity (Wildman–Crippen MR) is 93.6 cm³/mol. The summed E-state index contributed by atoms with van der Waals surface area (Å²) in [6.07, 6.45) is 1.78. The molecular weight excluding hydrogens is 306 g/mol. The van der Waals surface area contributed by atoms with Gasteiger partial charge in [0.15, 0.2) is 0 Å². The summed E-state index contributed by atoms with van der Waals surface area (Å²) < 4.78 is 10.2. The number of rotatable bonds is 11. The fourth-order valence-electron chi connectivity index (χ4n) is 1.83. The van der Waals surface area contributed by atoms with Gasteiger partial charge in [-0.05, 0) is 26.7 Å². The first kappa shape index (κ1) is 20.7. The van der Waals surface area contributed by atoms with Crippen LogP contribution in [0.25, 0.3) is 0 Å². The molecule has 2 atom stereocenters. The van der Waals surface area contributed by atoms with E-state index in [4.69, 9.17) is 9.47 Å². The van der Waals surface area contributed by atoms with Crippen LogP contribution in [0.1, 0.15) is 33.6 Å². The van der Waals surface area contributed by atoms with Crippen LogP contribution in [0.5, 0.6) is 0 Å². The molecule has 6 heteroatoms. The zero-order chi connectivity index (χ0) is 16.5. The van der Waals surface area contributed by atoms with Gasteiger partial charge in [-0.1, -0.05) is 35.1 Å². The SMILES string of the molecule is C=C(CCC(C)(COC)SSCC)N(C)C(C)C(=O)OC. The average molecular weight is 336 g/mol. The molecule has 21 heavy (non-hydrogen) atoms. The van der Waals surface area contributed by atoms with Gasteiger partial charge in [-0.3, -0.25) is 0 Å². The number of ether oxygens (including phenoxy) is 2. The largest absolute Gasteiger partial charge is 0.467 e. The third-order valence-corrected chi connectivity index (χ3v) is 6.74. The Hall–Kier alpha value is -0.330. The van der Waals surface area contributed by atoms with Crippen molar-refractivity contribution in [2.45, 2.75) is 44.4 Å². The van der Waals surface area contributed by atoms with Crippen LogP contribution in [0.2, 0.25) is 0 Å². The number of nitrogens with zero attached hydrogens (tertiary/aromatic N) is 1. The van der Waals surface area contributed by atoms with Crippen molar-refractivity contribution < 1.29 is 14.3 Å². The number of likely N-dealkylation sites (N-methyl/N-ethyl adjacent to an activating group) is 1. The Kier molecular flexibility index (Phi) is 10.2. The highest BCUT2D eigenvalue weighted by Crippen LogP contribution is 2.40. The lowest BCUT2D eigenvalue weighted by Gasteiger charge is -2.31. The third kappa shape index (κ3) is 7.47. The van der Waals surface area contributed by atoms with Crippen molar-refractivity contribution in [3.63, 3.8) is 0 Å². The van der Waals surface area contributed by atoms with Crippen LogP contribution in [0.3, 0.4) is 0 Å². The van der Waals surface area contributed by atoms with Crippen LogP contribution in [-0.4, -0.2) is 55.3 Å². The lowest BCUT2D eigenvalue weighted by atomic mass is 10.0. The molecule has 0 amide bonds. The van der Waals surface area contributed by atoms with Crippen molar-refractivity contribution in [3.8, 4) is 0 Å². The summed E-state index contributed by atoms with van der Waals surface area (Å²) in [5, 5.41) is 0. The van der Waals surface area contributed by atoms with Gasteiger partial charge in [-0.2, -0.15) is 0 Å². The summed E-state index contributed by atoms with van der Waals surface area (Å²) in [5.41, 5.74) is 0.942. The van der Waals surface area contributed by atoms with Crippen molar-refractivity contribution in [1.29, 1.82) is 0 Å². The average Bonchev–Trinajstić information content (AvgIpc) is 2.48. The lowest BCUT2D eigenvalue weighted by Crippen LogP contribution is -2.36. The highest BCUT2D eigenvalue weighted by molar-refractivity contribution is 8.77. The first-order valence-corrected chi connectivity index (χ1v) is 9.41. The number of hydrogen-bond donors (Lipinski definition) is 0. The summed E-state index contributed by atoms with van der Waals surface area (Å²) in [6.45, 7) is 11.0. The zero-order valence-corrected chi connectivity index (χ0v) is 15.7. The van der Waals surface area contributed by atoms with E-state index in [0.717, 1.165) is 24.3 Å². The molecule has 124 valence electrons. The molecular formula is C15H29NO3S2. The van der Waals surface area contributed by atoms with Crippen molar-refractivity contribution in [2.75, 3.05) is 33.6 Å². The molecule has 0 N–H and O–H groups in total. The fraction of sp³-hybridized carbons (Fsp3) is 0.800. The van der Waals surface area contributed by atoms with E-state index in [1.54, 1.807) is 7.11 Å². The van der Waals surface area contributed by atoms with Gasteiger partial charge >= 0.3 is 5.97 Å². The summed E-state index contributed by atoms with van der Waals surface area (Å²) in [6, 6.07) is -0.311. The number of allylic oxidation sites excluding steroid dienone is 1. The Bertz CT molecular complexity index is 339. The van der Waals surface area contributed by atoms with Crippen LogP contribution < -0.4 is 0 Å². The monoisotopic (exact) mass is 335 g/mol. The van der Waals surface area contributed by atoms with Crippen molar-refractivity contribution in [3.05, 3.63) is 12.3 Å². The molecule has 4 nitrogen and oxygen atoms in total. The summed E-state index contributed by atoms with van der Waals surface area (Å²) in [4.78, 5) is 13.5. The van der Waals surface area contributed by atoms with Gasteiger partial charge in [0, 0.05) is 30.4 Å². The normalized spacial score (nSPS) is 15.1. The first-order valence-electron chi connectivity index (χ1n) is 7.09. The Morgan fingerprint density at radius 3 is 2.52 bits per heavy atom. The van der Waals surface area contributed by atoms with Crippen molar-refractivity contribution >= 4 is 27.6 Å². The van der Waals surface area contributed by atoms with E-state index in [2.05, 4.69) is 20.4 Å². The molecule has 0 rings (SSSR count). The van der Waals surface area contributed by atoms with E-state index in [-0.39, 0.29) is 16.8 Å². The molecule has 0 aromatic heterocycles. The molecule has 2 unspecified atom stereocenters. The molecule has 0 radical (unpaired) electrons. The van der Waals surface area contributed by atoms with Crippen LogP contribution in [0.4, 0.5) is 0 Å². The van der Waals surface area contributed by atoms with Gasteiger partial charge in [-0.25, -0.2) is 4.79 Å². The Labute approximate surface area is 137 Å². The topological polar surface area (TPSA) is 38.8 Å². The second kappa shape index (κ2) is 10.4. The minimum atomic E-state index is -0.311. The van der Waals surface area contributed by atoms with E-state index < -0.39 is 0 Å². The number of esters is 1. The van der Waals surface area contributed by atoms with Crippen molar-refractivity contribution in [2.24, 2.45) is 0 Å². The van der Waals surface area contributed by atoms with Gasteiger partial charge in [-0.15, -0.1) is 0 Å². The third-order valence-electron chi connectivity index (χ3n) is 3.39. The maximum atomic E-state index is 11.6. The molecule has 0 aromatic rings. The molecule has 0 saturated carbocycles. The second-order valence-electron chi connectivity index (χ2n) is 5.25. The van der Waals surface area contributed by atoms with Gasteiger partial charge in [0.05, 0.1) is 13.7 Å². The van der Waals surface area contributed by atoms with Crippen LogP contribution in [-0.2, 0) is 14.3 Å². The van der Waals surface area contributed by atoms with Gasteiger partial charge < -0.3 is 14.4 Å². The Balaban J connectivity index is 4.51. The van der Waals surface area contributed by atoms with Gasteiger partial charge in [0.25, 0.3) is 0 Å². The smallest absolute Gasteiger partial charge is 0.328 e. The van der Waals surface area contributed by atoms with Crippen molar-refractivity contribution in [1.82, 2.24) is 4.90 Å². The molecule has 0 saturated heterocycles. The molecule has 0 fully saturated rings. The summed E-state index contributed by atoms with van der Waals surface area (Å²) in [5.74, 6) is 0.832. The van der Waals surface area contributed by atoms with E-state index in [1.807, 2.05) is 40.5 Å². The second-order valence-corrected chi connectivity index (χ2v) is 8.42. The molecule has 0 aliphatic carbocycles. The van der Waals surface area contributed by atoms with E-state index in [0.29, 0.717) is 6.61 Å². The number of carbonyl (C=O) groups excluding carboxylic acids is 1. The zero-order valence-electron chi connectivity index (χ0n) is 14.1. The first-order chi connectivity index (χ1) is 9.81. The summed E-state index contributed by atoms with van der Waals surface area (Å²) in [7, 11) is 8.73. The molecule has 0 heterocycles. The minimum absolute atomic E-state index is 0.0493. The van der Waals surface area contributed by atoms with E-state index in [1.165, 1.54) is 7.11 Å². The van der Waals surface area contributed by atoms with Gasteiger partial charge in [0.2, 0.25) is 0 Å². The fourth-order valence-corrected chi connectivity index (χ4v) is 4.19. The van der Waals surface area contributed by atoms with Crippen LogP contribution in [0.15, 0.2) is 12.3 Å². The van der Waals surface area contributed by atoms with Crippen LogP contribution in [0, 0.1) is 0 Å². The van der Waals surface area contributed by atoms with Crippen LogP contribution >= 0.6 is 21.6 Å². The Morgan fingerprint density at radius 1 is 1.43 bits per heavy atom. The molecule has 0 aromatic carbocycles. The molecule has 0 bridgehead atoms. The predicted octanol–water partition coefficient (Wildman–Crippen LogP) is 3.58. The standard InChI is InChI=1S/C15H29NO3S2/c1-8-20-21-15(4,11-18-6)10-9-12(2)16(5)13(3)14(17)19-7/h13H,2,8-11H2,1,3-7H3. The molecule has 0 aliphatic rings. The summed E-state index contributed by atoms with van der Waals surface area (Å²) >= 11 is 0.